The maximum Gasteiger partial charge on any atom is 0.243 e. The molecule has 1 aliphatic carbocycles. The molecule has 2 atom stereocenters. The summed E-state index contributed by atoms with van der Waals surface area (Å²) in [4.78, 5) is 10.5. The molecule has 1 amide bonds. The SMILES string of the molecule is CC(=O)Nc1ccc(S(=O)(=O)NC2C3CNCC32)c(F)c1. The van der Waals surface area contributed by atoms with Crippen molar-refractivity contribution in [1.29, 1.82) is 0 Å². The molecule has 1 aromatic carbocycles. The van der Waals surface area contributed by atoms with E-state index in [4.69, 9.17) is 0 Å². The van der Waals surface area contributed by atoms with Crippen LogP contribution in [0.4, 0.5) is 10.1 Å². The lowest BCUT2D eigenvalue weighted by Gasteiger charge is -2.10. The van der Waals surface area contributed by atoms with E-state index in [1.165, 1.54) is 19.1 Å². The van der Waals surface area contributed by atoms with Gasteiger partial charge in [-0.3, -0.25) is 4.79 Å². The third-order valence-electron chi connectivity index (χ3n) is 3.92. The summed E-state index contributed by atoms with van der Waals surface area (Å²) >= 11 is 0. The molecular weight excluding hydrogens is 297 g/mol. The molecule has 1 saturated heterocycles. The molecule has 1 aliphatic heterocycles. The lowest BCUT2D eigenvalue weighted by molar-refractivity contribution is -0.114. The molecule has 2 aliphatic rings. The molecule has 3 N–H and O–H groups in total. The Kier molecular flexibility index (Phi) is 3.46. The van der Waals surface area contributed by atoms with Crippen LogP contribution in [0, 0.1) is 17.7 Å². The van der Waals surface area contributed by atoms with Crippen LogP contribution in [0.1, 0.15) is 6.92 Å². The molecule has 6 nitrogen and oxygen atoms in total. The van der Waals surface area contributed by atoms with E-state index in [9.17, 15) is 17.6 Å². The van der Waals surface area contributed by atoms with Gasteiger partial charge in [-0.1, -0.05) is 0 Å². The number of fused-ring (bicyclic) bond motifs is 1. The monoisotopic (exact) mass is 313 g/mol. The van der Waals surface area contributed by atoms with E-state index in [0.29, 0.717) is 11.8 Å². The minimum absolute atomic E-state index is 0.106. The quantitative estimate of drug-likeness (QED) is 0.745. The topological polar surface area (TPSA) is 87.3 Å². The van der Waals surface area contributed by atoms with Crippen molar-refractivity contribution >= 4 is 21.6 Å². The Morgan fingerprint density at radius 2 is 2.00 bits per heavy atom. The van der Waals surface area contributed by atoms with Crippen molar-refractivity contribution in [3.05, 3.63) is 24.0 Å². The molecule has 2 fully saturated rings. The Morgan fingerprint density at radius 1 is 1.33 bits per heavy atom. The van der Waals surface area contributed by atoms with Crippen LogP contribution in [-0.2, 0) is 14.8 Å². The molecule has 2 unspecified atom stereocenters. The number of halogens is 1. The van der Waals surface area contributed by atoms with Crippen molar-refractivity contribution in [3.8, 4) is 0 Å². The van der Waals surface area contributed by atoms with Crippen LogP contribution in [0.5, 0.6) is 0 Å². The summed E-state index contributed by atoms with van der Waals surface area (Å²) in [5.74, 6) is -0.609. The average molecular weight is 313 g/mol. The molecule has 0 bridgehead atoms. The van der Waals surface area contributed by atoms with Gasteiger partial charge >= 0.3 is 0 Å². The number of carbonyl (C=O) groups excluding carboxylic acids is 1. The average Bonchev–Trinajstić information content (AvgIpc) is 2.82. The van der Waals surface area contributed by atoms with Crippen LogP contribution in [-0.4, -0.2) is 33.5 Å². The highest BCUT2D eigenvalue weighted by Crippen LogP contribution is 2.42. The molecule has 8 heteroatoms. The number of benzene rings is 1. The van der Waals surface area contributed by atoms with E-state index in [1.54, 1.807) is 0 Å². The summed E-state index contributed by atoms with van der Waals surface area (Å²) in [5.41, 5.74) is 0.228. The van der Waals surface area contributed by atoms with Gasteiger partial charge in [0.05, 0.1) is 0 Å². The van der Waals surface area contributed by atoms with Crippen LogP contribution < -0.4 is 15.4 Å². The number of hydrogen-bond donors (Lipinski definition) is 3. The molecular formula is C13H16FN3O3S. The fourth-order valence-corrected chi connectivity index (χ4v) is 4.23. The number of carbonyl (C=O) groups is 1. The summed E-state index contributed by atoms with van der Waals surface area (Å²) in [7, 11) is -3.88. The maximum atomic E-state index is 14.0. The van der Waals surface area contributed by atoms with Gasteiger partial charge in [0.25, 0.3) is 0 Å². The summed E-state index contributed by atoms with van der Waals surface area (Å²) in [6, 6.07) is 3.43. The predicted octanol–water partition coefficient (Wildman–Crippen LogP) is 0.280. The van der Waals surface area contributed by atoms with E-state index in [1.807, 2.05) is 0 Å². The van der Waals surface area contributed by atoms with Crippen molar-refractivity contribution in [1.82, 2.24) is 10.0 Å². The molecule has 1 heterocycles. The predicted molar refractivity (Wildman–Crippen MR) is 74.7 cm³/mol. The Balaban J connectivity index is 1.77. The van der Waals surface area contributed by atoms with E-state index in [2.05, 4.69) is 15.4 Å². The van der Waals surface area contributed by atoms with Crippen LogP contribution in [0.2, 0.25) is 0 Å². The number of hydrogen-bond acceptors (Lipinski definition) is 4. The van der Waals surface area contributed by atoms with Crippen LogP contribution in [0.3, 0.4) is 0 Å². The first-order valence-electron chi connectivity index (χ1n) is 6.69. The summed E-state index contributed by atoms with van der Waals surface area (Å²) in [6.45, 7) is 2.88. The third-order valence-corrected chi connectivity index (χ3v) is 5.42. The van der Waals surface area contributed by atoms with E-state index in [0.717, 1.165) is 19.2 Å². The normalized spacial score (nSPS) is 27.2. The number of amides is 1. The second-order valence-corrected chi connectivity index (χ2v) is 7.14. The molecule has 114 valence electrons. The third kappa shape index (κ3) is 2.78. The minimum Gasteiger partial charge on any atom is -0.326 e. The minimum atomic E-state index is -3.88. The van der Waals surface area contributed by atoms with Crippen molar-refractivity contribution in [2.75, 3.05) is 18.4 Å². The zero-order valence-corrected chi connectivity index (χ0v) is 12.2. The van der Waals surface area contributed by atoms with Gasteiger partial charge in [-0.15, -0.1) is 0 Å². The van der Waals surface area contributed by atoms with Crippen LogP contribution in [0.25, 0.3) is 0 Å². The first-order chi connectivity index (χ1) is 9.88. The van der Waals surface area contributed by atoms with Gasteiger partial charge in [-0.25, -0.2) is 17.5 Å². The van der Waals surface area contributed by atoms with Crippen LogP contribution in [0.15, 0.2) is 23.1 Å². The lowest BCUT2D eigenvalue weighted by atomic mass is 10.3. The van der Waals surface area contributed by atoms with Crippen molar-refractivity contribution in [2.45, 2.75) is 17.9 Å². The fraction of sp³-hybridized carbons (Fsp3) is 0.462. The largest absolute Gasteiger partial charge is 0.326 e. The van der Waals surface area contributed by atoms with E-state index >= 15 is 0 Å². The van der Waals surface area contributed by atoms with Gasteiger partial charge in [0.15, 0.2) is 0 Å². The highest BCUT2D eigenvalue weighted by molar-refractivity contribution is 7.89. The first-order valence-corrected chi connectivity index (χ1v) is 8.17. The van der Waals surface area contributed by atoms with Gasteiger partial charge in [-0.05, 0) is 43.1 Å². The molecule has 1 saturated carbocycles. The van der Waals surface area contributed by atoms with Gasteiger partial charge in [0, 0.05) is 18.7 Å². The smallest absolute Gasteiger partial charge is 0.243 e. The van der Waals surface area contributed by atoms with Crippen LogP contribution >= 0.6 is 0 Å². The van der Waals surface area contributed by atoms with E-state index in [-0.39, 0.29) is 17.6 Å². The molecule has 21 heavy (non-hydrogen) atoms. The second-order valence-electron chi connectivity index (χ2n) is 5.46. The number of nitrogens with one attached hydrogen (secondary N) is 3. The van der Waals surface area contributed by atoms with Gasteiger partial charge in [0.1, 0.15) is 10.7 Å². The zero-order valence-electron chi connectivity index (χ0n) is 11.4. The fourth-order valence-electron chi connectivity index (χ4n) is 2.84. The summed E-state index contributed by atoms with van der Waals surface area (Å²) in [6.07, 6.45) is 0. The van der Waals surface area contributed by atoms with Gasteiger partial charge in [0.2, 0.25) is 15.9 Å². The Bertz CT molecular complexity index is 682. The van der Waals surface area contributed by atoms with Gasteiger partial charge < -0.3 is 10.6 Å². The van der Waals surface area contributed by atoms with Crippen molar-refractivity contribution in [3.63, 3.8) is 0 Å². The lowest BCUT2D eigenvalue weighted by Crippen LogP contribution is -2.33. The van der Waals surface area contributed by atoms with Gasteiger partial charge in [-0.2, -0.15) is 0 Å². The Hall–Kier alpha value is -1.51. The Morgan fingerprint density at radius 3 is 2.57 bits per heavy atom. The molecule has 3 rings (SSSR count). The molecule has 0 spiro atoms. The summed E-state index contributed by atoms with van der Waals surface area (Å²) < 4.78 is 40.9. The number of rotatable bonds is 4. The Labute approximate surface area is 122 Å². The highest BCUT2D eigenvalue weighted by atomic mass is 32.2. The van der Waals surface area contributed by atoms with Crippen molar-refractivity contribution < 1.29 is 17.6 Å². The van der Waals surface area contributed by atoms with Crippen molar-refractivity contribution in [2.24, 2.45) is 11.8 Å². The maximum absolute atomic E-state index is 14.0. The number of piperidine rings is 1. The van der Waals surface area contributed by atoms with E-state index < -0.39 is 20.7 Å². The second kappa shape index (κ2) is 5.04. The zero-order chi connectivity index (χ0) is 15.2. The molecule has 0 aromatic heterocycles. The standard InChI is InChI=1S/C13H16FN3O3S/c1-7(18)16-8-2-3-12(11(14)4-8)21(19,20)17-13-9-5-15-6-10(9)13/h2-4,9-10,13,15,17H,5-6H2,1H3,(H,16,18). The number of sulfonamides is 1. The molecule has 0 radical (unpaired) electrons. The highest BCUT2D eigenvalue weighted by Gasteiger charge is 2.54. The number of anilines is 1. The summed E-state index contributed by atoms with van der Waals surface area (Å²) in [5, 5.41) is 5.57. The first kappa shape index (κ1) is 14.4. The molecule has 1 aromatic rings.